The molecule has 194 valence electrons. The van der Waals surface area contributed by atoms with Crippen molar-refractivity contribution in [3.8, 4) is 5.88 Å². The number of hydrogen-bond donors (Lipinski definition) is 3. The summed E-state index contributed by atoms with van der Waals surface area (Å²) in [6, 6.07) is 0.893. The Bertz CT molecular complexity index is 768. The number of aromatic nitrogens is 2. The molecule has 1 aliphatic heterocycles. The van der Waals surface area contributed by atoms with Gasteiger partial charge >= 0.3 is 0 Å². The van der Waals surface area contributed by atoms with Gasteiger partial charge in [-0.2, -0.15) is 5.10 Å². The van der Waals surface area contributed by atoms with Crippen molar-refractivity contribution in [2.24, 2.45) is 29.6 Å². The van der Waals surface area contributed by atoms with Crippen LogP contribution in [0, 0.1) is 29.6 Å². The average Bonchev–Trinajstić information content (AvgIpc) is 3.18. The standard InChI is InChI=1S/C25H41N5O2.2ClH/c1-16(2)15-32-25-22(14-28-30(25)8-7-27-21-3-5-26-6-4-21)24(31)29-23-19-10-17-9-18(12-19)13-20(23)11-17;;/h14,16-21,23,26-27H,3-13,15H2,1-2H3,(H,29,31);2*1H. The van der Waals surface area contributed by atoms with Gasteiger partial charge in [0.25, 0.3) is 5.91 Å². The van der Waals surface area contributed by atoms with E-state index in [-0.39, 0.29) is 30.7 Å². The van der Waals surface area contributed by atoms with Crippen LogP contribution in [0.2, 0.25) is 0 Å². The molecular formula is C25H43Cl2N5O2. The second kappa shape index (κ2) is 12.3. The van der Waals surface area contributed by atoms with Crippen LogP contribution in [-0.2, 0) is 6.54 Å². The second-order valence-electron chi connectivity index (χ2n) is 11.2. The van der Waals surface area contributed by atoms with Crippen LogP contribution in [0.5, 0.6) is 5.88 Å². The first-order chi connectivity index (χ1) is 15.6. The number of carbonyl (C=O) groups is 1. The lowest BCUT2D eigenvalue weighted by atomic mass is 9.54. The first-order valence-corrected chi connectivity index (χ1v) is 13.0. The van der Waals surface area contributed by atoms with Crippen molar-refractivity contribution in [2.45, 2.75) is 77.4 Å². The maximum absolute atomic E-state index is 13.4. The lowest BCUT2D eigenvalue weighted by Crippen LogP contribution is -2.55. The number of halogens is 2. The van der Waals surface area contributed by atoms with E-state index in [1.54, 1.807) is 6.20 Å². The highest BCUT2D eigenvalue weighted by molar-refractivity contribution is 5.96. The summed E-state index contributed by atoms with van der Waals surface area (Å²) >= 11 is 0. The minimum atomic E-state index is -0.00112. The van der Waals surface area contributed by atoms with Crippen LogP contribution in [0.4, 0.5) is 0 Å². The lowest BCUT2D eigenvalue weighted by molar-refractivity contribution is -0.0120. The summed E-state index contributed by atoms with van der Waals surface area (Å²) in [4.78, 5) is 13.4. The summed E-state index contributed by atoms with van der Waals surface area (Å²) in [5.41, 5.74) is 0.598. The molecule has 3 N–H and O–H groups in total. The molecule has 1 saturated heterocycles. The predicted octanol–water partition coefficient (Wildman–Crippen LogP) is 3.66. The Morgan fingerprint density at radius 1 is 1.12 bits per heavy atom. The fourth-order valence-corrected chi connectivity index (χ4v) is 6.88. The minimum Gasteiger partial charge on any atom is -0.477 e. The molecule has 0 aromatic carbocycles. The van der Waals surface area contributed by atoms with E-state index >= 15 is 0 Å². The third-order valence-corrected chi connectivity index (χ3v) is 8.21. The van der Waals surface area contributed by atoms with Gasteiger partial charge in [-0.15, -0.1) is 24.8 Å². The molecule has 34 heavy (non-hydrogen) atoms. The molecule has 1 aromatic heterocycles. The molecule has 5 fully saturated rings. The maximum Gasteiger partial charge on any atom is 0.258 e. The summed E-state index contributed by atoms with van der Waals surface area (Å²) in [6.07, 6.45) is 10.7. The molecule has 5 aliphatic rings. The third-order valence-electron chi connectivity index (χ3n) is 8.21. The van der Waals surface area contributed by atoms with Gasteiger partial charge in [0.15, 0.2) is 0 Å². The number of amides is 1. The molecule has 1 amide bonds. The predicted molar refractivity (Wildman–Crippen MR) is 139 cm³/mol. The van der Waals surface area contributed by atoms with Crippen molar-refractivity contribution in [1.82, 2.24) is 25.7 Å². The number of carbonyl (C=O) groups excluding carboxylic acids is 1. The first kappa shape index (κ1) is 27.6. The molecule has 4 bridgehead atoms. The van der Waals surface area contributed by atoms with Crippen LogP contribution < -0.4 is 20.7 Å². The molecule has 4 saturated carbocycles. The van der Waals surface area contributed by atoms with E-state index in [2.05, 4.69) is 34.9 Å². The fourth-order valence-electron chi connectivity index (χ4n) is 6.88. The number of nitrogens with one attached hydrogen (secondary N) is 3. The Labute approximate surface area is 216 Å². The van der Waals surface area contributed by atoms with E-state index in [0.717, 1.165) is 44.3 Å². The number of piperidine rings is 1. The summed E-state index contributed by atoms with van der Waals surface area (Å²) in [7, 11) is 0. The van der Waals surface area contributed by atoms with Crippen LogP contribution >= 0.6 is 24.8 Å². The van der Waals surface area contributed by atoms with Gasteiger partial charge in [-0.1, -0.05) is 13.8 Å². The van der Waals surface area contributed by atoms with Gasteiger partial charge in [-0.25, -0.2) is 4.68 Å². The average molecular weight is 517 g/mol. The Kier molecular flexibility index (Phi) is 9.96. The van der Waals surface area contributed by atoms with Crippen LogP contribution in [0.15, 0.2) is 6.20 Å². The highest BCUT2D eigenvalue weighted by atomic mass is 35.5. The molecule has 0 radical (unpaired) electrons. The summed E-state index contributed by atoms with van der Waals surface area (Å²) in [5.74, 6) is 4.17. The molecule has 9 heteroatoms. The Morgan fingerprint density at radius 2 is 1.76 bits per heavy atom. The fraction of sp³-hybridized carbons (Fsp3) is 0.840. The molecule has 0 spiro atoms. The van der Waals surface area contributed by atoms with Gasteiger partial charge in [0.2, 0.25) is 5.88 Å². The number of nitrogens with zero attached hydrogens (tertiary/aromatic N) is 2. The van der Waals surface area contributed by atoms with E-state index in [1.165, 1.54) is 32.1 Å². The SMILES string of the molecule is CC(C)COc1c(C(=O)NC2C3CC4CC(C3)CC2C4)cnn1CCNC1CCNCC1.Cl.Cl. The van der Waals surface area contributed by atoms with Gasteiger partial charge in [-0.3, -0.25) is 4.79 Å². The molecule has 4 aliphatic carbocycles. The first-order valence-electron chi connectivity index (χ1n) is 13.0. The molecule has 2 heterocycles. The maximum atomic E-state index is 13.4. The second-order valence-corrected chi connectivity index (χ2v) is 11.2. The summed E-state index contributed by atoms with van der Waals surface area (Å²) in [5, 5.41) is 15.0. The zero-order chi connectivity index (χ0) is 22.1. The number of rotatable bonds is 9. The smallest absolute Gasteiger partial charge is 0.258 e. The van der Waals surface area contributed by atoms with Gasteiger partial charge in [0.1, 0.15) is 5.56 Å². The molecule has 6 rings (SSSR count). The van der Waals surface area contributed by atoms with Gasteiger partial charge < -0.3 is 20.7 Å². The van der Waals surface area contributed by atoms with Crippen LogP contribution in [0.3, 0.4) is 0 Å². The summed E-state index contributed by atoms with van der Waals surface area (Å²) < 4.78 is 8.02. The summed E-state index contributed by atoms with van der Waals surface area (Å²) in [6.45, 7) is 8.56. The van der Waals surface area contributed by atoms with E-state index in [9.17, 15) is 4.79 Å². The highest BCUT2D eigenvalue weighted by Gasteiger charge is 2.48. The zero-order valence-electron chi connectivity index (χ0n) is 20.6. The Hall–Kier alpha value is -1.02. The monoisotopic (exact) mass is 515 g/mol. The zero-order valence-corrected chi connectivity index (χ0v) is 22.3. The van der Waals surface area contributed by atoms with Crippen LogP contribution in [-0.4, -0.2) is 54.0 Å². The van der Waals surface area contributed by atoms with Gasteiger partial charge in [0, 0.05) is 18.6 Å². The topological polar surface area (TPSA) is 80.2 Å². The number of ether oxygens (including phenoxy) is 1. The van der Waals surface area contributed by atoms with Gasteiger partial charge in [0.05, 0.1) is 19.3 Å². The quantitative estimate of drug-likeness (QED) is 0.467. The van der Waals surface area contributed by atoms with Gasteiger partial charge in [-0.05, 0) is 87.6 Å². The molecule has 0 atom stereocenters. The van der Waals surface area contributed by atoms with E-state index < -0.39 is 0 Å². The lowest BCUT2D eigenvalue weighted by Gasteiger charge is -2.54. The van der Waals surface area contributed by atoms with Crippen molar-refractivity contribution in [2.75, 3.05) is 26.2 Å². The van der Waals surface area contributed by atoms with Crippen molar-refractivity contribution in [3.05, 3.63) is 11.8 Å². The van der Waals surface area contributed by atoms with E-state index in [1.807, 2.05) is 4.68 Å². The molecule has 7 nitrogen and oxygen atoms in total. The van der Waals surface area contributed by atoms with E-state index in [0.29, 0.717) is 54.4 Å². The Morgan fingerprint density at radius 3 is 2.38 bits per heavy atom. The van der Waals surface area contributed by atoms with Crippen molar-refractivity contribution in [3.63, 3.8) is 0 Å². The van der Waals surface area contributed by atoms with Crippen molar-refractivity contribution < 1.29 is 9.53 Å². The largest absolute Gasteiger partial charge is 0.477 e. The van der Waals surface area contributed by atoms with Crippen molar-refractivity contribution in [1.29, 1.82) is 0 Å². The van der Waals surface area contributed by atoms with Crippen molar-refractivity contribution >= 4 is 30.7 Å². The highest BCUT2D eigenvalue weighted by Crippen LogP contribution is 2.53. The number of hydrogen-bond acceptors (Lipinski definition) is 5. The van der Waals surface area contributed by atoms with Crippen LogP contribution in [0.1, 0.15) is 69.2 Å². The normalized spacial score (nSPS) is 30.0. The Balaban J connectivity index is 0.00000162. The minimum absolute atomic E-state index is 0. The van der Waals surface area contributed by atoms with Crippen LogP contribution in [0.25, 0.3) is 0 Å². The molecule has 1 aromatic rings. The van der Waals surface area contributed by atoms with E-state index in [4.69, 9.17) is 4.74 Å². The molecule has 0 unspecified atom stereocenters. The third kappa shape index (κ3) is 6.21. The molecular weight excluding hydrogens is 473 g/mol.